The summed E-state index contributed by atoms with van der Waals surface area (Å²) in [5.41, 5.74) is 2.05. The summed E-state index contributed by atoms with van der Waals surface area (Å²) in [4.78, 5) is 0. The van der Waals surface area contributed by atoms with Crippen molar-refractivity contribution >= 4 is 0 Å². The number of benzene rings is 2. The third kappa shape index (κ3) is 4.15. The predicted molar refractivity (Wildman–Crippen MR) is 97.2 cm³/mol. The van der Waals surface area contributed by atoms with Crippen molar-refractivity contribution in [3.63, 3.8) is 0 Å². The molecule has 0 aromatic heterocycles. The first-order valence-corrected chi connectivity index (χ1v) is 9.10. The number of fused-ring (bicyclic) bond motifs is 2. The lowest BCUT2D eigenvalue weighted by Gasteiger charge is -2.38. The minimum atomic E-state index is -0.900. The predicted octanol–water partition coefficient (Wildman–Crippen LogP) is 2.28. The smallest absolute Gasteiger partial charge is 0.186 e. The van der Waals surface area contributed by atoms with E-state index in [0.717, 1.165) is 16.9 Å². The van der Waals surface area contributed by atoms with Gasteiger partial charge in [-0.2, -0.15) is 0 Å². The van der Waals surface area contributed by atoms with Crippen LogP contribution in [0.1, 0.15) is 11.1 Å². The second kappa shape index (κ2) is 8.37. The Kier molecular flexibility index (Phi) is 5.71. The molecule has 2 aliphatic heterocycles. The van der Waals surface area contributed by atoms with E-state index in [1.807, 2.05) is 54.6 Å². The van der Waals surface area contributed by atoms with Crippen LogP contribution in [-0.4, -0.2) is 49.5 Å². The molecule has 2 heterocycles. The summed E-state index contributed by atoms with van der Waals surface area (Å²) < 4.78 is 28.6. The van der Waals surface area contributed by atoms with Gasteiger partial charge in [-0.25, -0.2) is 0 Å². The summed E-state index contributed by atoms with van der Waals surface area (Å²) in [6.45, 7) is 1.17. The van der Waals surface area contributed by atoms with Gasteiger partial charge in [0, 0.05) is 0 Å². The number of aliphatic hydroxyl groups excluding tert-OH is 1. The third-order valence-electron chi connectivity index (χ3n) is 4.93. The Bertz CT molecular complexity index is 719. The van der Waals surface area contributed by atoms with Crippen LogP contribution in [0.5, 0.6) is 5.75 Å². The van der Waals surface area contributed by atoms with E-state index in [0.29, 0.717) is 19.8 Å². The molecule has 0 spiro atoms. The summed E-state index contributed by atoms with van der Waals surface area (Å²) in [5, 5.41) is 10.6. The van der Waals surface area contributed by atoms with E-state index in [1.54, 1.807) is 7.11 Å². The van der Waals surface area contributed by atoms with Gasteiger partial charge in [0.05, 0.1) is 26.9 Å². The molecular weight excluding hydrogens is 348 g/mol. The van der Waals surface area contributed by atoms with E-state index in [2.05, 4.69) is 0 Å². The summed E-state index contributed by atoms with van der Waals surface area (Å²) in [6.07, 6.45) is -2.74. The number of rotatable bonds is 7. The molecular formula is C21H24O6. The molecule has 2 fully saturated rings. The van der Waals surface area contributed by atoms with Gasteiger partial charge in [0.15, 0.2) is 6.29 Å². The van der Waals surface area contributed by atoms with Crippen molar-refractivity contribution in [3.05, 3.63) is 65.7 Å². The first-order chi connectivity index (χ1) is 13.2. The average Bonchev–Trinajstić information content (AvgIpc) is 3.16. The lowest BCUT2D eigenvalue weighted by atomic mass is 10.0. The Morgan fingerprint density at radius 3 is 2.30 bits per heavy atom. The van der Waals surface area contributed by atoms with Gasteiger partial charge in [0.2, 0.25) is 0 Å². The van der Waals surface area contributed by atoms with Crippen LogP contribution in [-0.2, 0) is 32.2 Å². The van der Waals surface area contributed by atoms with Crippen molar-refractivity contribution in [1.29, 1.82) is 0 Å². The Morgan fingerprint density at radius 1 is 0.926 bits per heavy atom. The van der Waals surface area contributed by atoms with Crippen molar-refractivity contribution in [2.75, 3.05) is 13.7 Å². The Hall–Kier alpha value is -1.96. The summed E-state index contributed by atoms with van der Waals surface area (Å²) in [5.74, 6) is 0.792. The molecule has 1 N–H and O–H groups in total. The molecule has 5 atom stereocenters. The molecule has 6 heteroatoms. The van der Waals surface area contributed by atoms with Crippen LogP contribution >= 0.6 is 0 Å². The van der Waals surface area contributed by atoms with E-state index in [4.69, 9.17) is 23.7 Å². The maximum absolute atomic E-state index is 10.6. The van der Waals surface area contributed by atoms with Gasteiger partial charge in [0.1, 0.15) is 30.2 Å². The molecule has 0 aliphatic carbocycles. The molecule has 4 rings (SSSR count). The quantitative estimate of drug-likeness (QED) is 0.804. The largest absolute Gasteiger partial charge is 0.497 e. The molecule has 2 aromatic carbocycles. The van der Waals surface area contributed by atoms with Crippen LogP contribution in [0.25, 0.3) is 0 Å². The van der Waals surface area contributed by atoms with Gasteiger partial charge < -0.3 is 28.8 Å². The van der Waals surface area contributed by atoms with Crippen molar-refractivity contribution in [3.8, 4) is 5.75 Å². The van der Waals surface area contributed by atoms with Crippen LogP contribution in [0, 0.1) is 0 Å². The zero-order valence-electron chi connectivity index (χ0n) is 15.2. The summed E-state index contributed by atoms with van der Waals surface area (Å²) >= 11 is 0. The monoisotopic (exact) mass is 372 g/mol. The average molecular weight is 372 g/mol. The first-order valence-electron chi connectivity index (χ1n) is 9.10. The maximum Gasteiger partial charge on any atom is 0.186 e. The van der Waals surface area contributed by atoms with E-state index in [-0.39, 0.29) is 6.10 Å². The number of methoxy groups -OCH3 is 1. The molecule has 2 saturated heterocycles. The van der Waals surface area contributed by atoms with Crippen molar-refractivity contribution in [2.24, 2.45) is 0 Å². The topological polar surface area (TPSA) is 66.4 Å². The van der Waals surface area contributed by atoms with Crippen LogP contribution in [0.15, 0.2) is 54.6 Å². The van der Waals surface area contributed by atoms with Crippen LogP contribution in [0.4, 0.5) is 0 Å². The third-order valence-corrected chi connectivity index (χ3v) is 4.93. The van der Waals surface area contributed by atoms with Gasteiger partial charge in [0.25, 0.3) is 0 Å². The second-order valence-corrected chi connectivity index (χ2v) is 6.75. The van der Waals surface area contributed by atoms with Gasteiger partial charge in [-0.05, 0) is 23.3 Å². The molecule has 2 aromatic rings. The van der Waals surface area contributed by atoms with E-state index in [9.17, 15) is 5.11 Å². The minimum Gasteiger partial charge on any atom is -0.497 e. The lowest BCUT2D eigenvalue weighted by Crippen LogP contribution is -2.55. The van der Waals surface area contributed by atoms with Gasteiger partial charge in [-0.1, -0.05) is 42.5 Å². The molecule has 2 bridgehead atoms. The molecule has 144 valence electrons. The molecule has 0 amide bonds. The zero-order valence-corrected chi connectivity index (χ0v) is 15.2. The molecule has 0 saturated carbocycles. The van der Waals surface area contributed by atoms with Crippen LogP contribution < -0.4 is 4.74 Å². The number of hydrogen-bond donors (Lipinski definition) is 1. The van der Waals surface area contributed by atoms with E-state index >= 15 is 0 Å². The standard InChI is InChI=1S/C21H24O6/c1-23-16-9-7-15(8-10-16)12-25-20-18(22)21-26-13-17(27-21)19(20)24-11-14-5-3-2-4-6-14/h2-10,17-22H,11-13H2,1H3/t17-,18+,19-,20-,21-/m1/s1. The highest BCUT2D eigenvalue weighted by Crippen LogP contribution is 2.32. The fourth-order valence-electron chi connectivity index (χ4n) is 3.43. The molecule has 0 radical (unpaired) electrons. The fourth-order valence-corrected chi connectivity index (χ4v) is 3.43. The summed E-state index contributed by atoms with van der Waals surface area (Å²) in [6, 6.07) is 17.6. The second-order valence-electron chi connectivity index (χ2n) is 6.75. The van der Waals surface area contributed by atoms with Crippen molar-refractivity contribution in [1.82, 2.24) is 0 Å². The van der Waals surface area contributed by atoms with Crippen molar-refractivity contribution in [2.45, 2.75) is 43.9 Å². The highest BCUT2D eigenvalue weighted by atomic mass is 16.7. The molecule has 27 heavy (non-hydrogen) atoms. The highest BCUT2D eigenvalue weighted by Gasteiger charge is 2.51. The van der Waals surface area contributed by atoms with Crippen molar-refractivity contribution < 1.29 is 28.8 Å². The van der Waals surface area contributed by atoms with Gasteiger partial charge in [-0.15, -0.1) is 0 Å². The molecule has 6 nitrogen and oxygen atoms in total. The number of aliphatic hydroxyl groups is 1. The SMILES string of the molecule is COc1ccc(CO[C@@H]2[C@H](O)[C@@H]3OC[C@@H](O3)[C@H]2OCc2ccccc2)cc1. The Balaban J connectivity index is 1.43. The first kappa shape index (κ1) is 18.4. The highest BCUT2D eigenvalue weighted by molar-refractivity contribution is 5.26. The minimum absolute atomic E-state index is 0.247. The summed E-state index contributed by atoms with van der Waals surface area (Å²) in [7, 11) is 1.63. The van der Waals surface area contributed by atoms with Crippen LogP contribution in [0.2, 0.25) is 0 Å². The van der Waals surface area contributed by atoms with Crippen LogP contribution in [0.3, 0.4) is 0 Å². The van der Waals surface area contributed by atoms with Gasteiger partial charge >= 0.3 is 0 Å². The number of ether oxygens (including phenoxy) is 5. The number of hydrogen-bond acceptors (Lipinski definition) is 6. The lowest BCUT2D eigenvalue weighted by molar-refractivity contribution is -0.254. The maximum atomic E-state index is 10.6. The fraction of sp³-hybridized carbons (Fsp3) is 0.429. The molecule has 2 aliphatic rings. The molecule has 0 unspecified atom stereocenters. The van der Waals surface area contributed by atoms with Gasteiger partial charge in [-0.3, -0.25) is 0 Å². The zero-order chi connectivity index (χ0) is 18.6. The normalized spacial score (nSPS) is 29.6. The Morgan fingerprint density at radius 2 is 1.59 bits per heavy atom. The Labute approximate surface area is 158 Å². The van der Waals surface area contributed by atoms with E-state index in [1.165, 1.54) is 0 Å². The van der Waals surface area contributed by atoms with E-state index < -0.39 is 24.6 Å².